The van der Waals surface area contributed by atoms with E-state index in [4.69, 9.17) is 0 Å². The van der Waals surface area contributed by atoms with E-state index in [-0.39, 0.29) is 0 Å². The molecule has 0 aliphatic carbocycles. The second-order valence-corrected chi connectivity index (χ2v) is 4.44. The first-order valence-corrected chi connectivity index (χ1v) is 5.96. The average molecular weight is 249 g/mol. The van der Waals surface area contributed by atoms with Gasteiger partial charge in [-0.1, -0.05) is 22.9 Å². The zero-order valence-electron chi connectivity index (χ0n) is 7.25. The van der Waals surface area contributed by atoms with Gasteiger partial charge in [-0.25, -0.2) is 4.98 Å². The molecule has 0 radical (unpaired) electrons. The van der Waals surface area contributed by atoms with Gasteiger partial charge < -0.3 is 5.32 Å². The standard InChI is InChI=1S/C8H13BrN2S/c1-6(5-9)7(2)11-8-10-3-4-12-8/h3-4,6-7H,5H2,1-2H3,(H,10,11). The molecule has 2 unspecified atom stereocenters. The third-order valence-corrected chi connectivity index (χ3v) is 3.61. The topological polar surface area (TPSA) is 24.9 Å². The molecule has 0 saturated carbocycles. The Labute approximate surface area is 85.5 Å². The lowest BCUT2D eigenvalue weighted by Gasteiger charge is -2.18. The lowest BCUT2D eigenvalue weighted by Crippen LogP contribution is -2.24. The number of anilines is 1. The number of halogens is 1. The molecule has 0 spiro atoms. The van der Waals surface area contributed by atoms with Gasteiger partial charge in [-0.05, 0) is 12.8 Å². The van der Waals surface area contributed by atoms with Crippen molar-refractivity contribution in [1.82, 2.24) is 4.98 Å². The molecule has 0 amide bonds. The van der Waals surface area contributed by atoms with Crippen LogP contribution in [0.5, 0.6) is 0 Å². The maximum Gasteiger partial charge on any atom is 0.182 e. The zero-order valence-corrected chi connectivity index (χ0v) is 9.65. The normalized spacial score (nSPS) is 15.6. The Kier molecular flexibility index (Phi) is 4.01. The number of nitrogens with one attached hydrogen (secondary N) is 1. The van der Waals surface area contributed by atoms with Crippen LogP contribution >= 0.6 is 27.3 Å². The monoisotopic (exact) mass is 248 g/mol. The van der Waals surface area contributed by atoms with Gasteiger partial charge in [0.2, 0.25) is 0 Å². The van der Waals surface area contributed by atoms with Crippen LogP contribution in [0.2, 0.25) is 0 Å². The quantitative estimate of drug-likeness (QED) is 0.830. The van der Waals surface area contributed by atoms with Gasteiger partial charge in [0, 0.05) is 22.9 Å². The highest BCUT2D eigenvalue weighted by atomic mass is 79.9. The van der Waals surface area contributed by atoms with Crippen molar-refractivity contribution in [3.05, 3.63) is 11.6 Å². The van der Waals surface area contributed by atoms with E-state index in [1.807, 2.05) is 11.6 Å². The summed E-state index contributed by atoms with van der Waals surface area (Å²) in [6, 6.07) is 0.468. The van der Waals surface area contributed by atoms with E-state index in [1.54, 1.807) is 11.3 Å². The predicted octanol–water partition coefficient (Wildman–Crippen LogP) is 2.97. The summed E-state index contributed by atoms with van der Waals surface area (Å²) in [6.07, 6.45) is 1.82. The number of aromatic nitrogens is 1. The third kappa shape index (κ3) is 2.75. The Morgan fingerprint density at radius 3 is 2.92 bits per heavy atom. The molecule has 1 aromatic rings. The maximum absolute atomic E-state index is 4.17. The van der Waals surface area contributed by atoms with Crippen LogP contribution in [0.3, 0.4) is 0 Å². The predicted molar refractivity (Wildman–Crippen MR) is 58.2 cm³/mol. The van der Waals surface area contributed by atoms with Crippen LogP contribution in [0, 0.1) is 5.92 Å². The minimum Gasteiger partial charge on any atom is -0.359 e. The summed E-state index contributed by atoms with van der Waals surface area (Å²) < 4.78 is 0. The first-order valence-electron chi connectivity index (χ1n) is 3.96. The molecule has 0 aliphatic rings. The smallest absolute Gasteiger partial charge is 0.182 e. The fraction of sp³-hybridized carbons (Fsp3) is 0.625. The first kappa shape index (κ1) is 9.99. The fourth-order valence-corrected chi connectivity index (χ4v) is 1.95. The molecular weight excluding hydrogens is 236 g/mol. The van der Waals surface area contributed by atoms with E-state index in [0.29, 0.717) is 12.0 Å². The Bertz CT molecular complexity index is 213. The molecule has 4 heteroatoms. The van der Waals surface area contributed by atoms with Crippen LogP contribution in [-0.2, 0) is 0 Å². The largest absolute Gasteiger partial charge is 0.359 e. The molecule has 0 aliphatic heterocycles. The van der Waals surface area contributed by atoms with Crippen LogP contribution in [0.1, 0.15) is 13.8 Å². The van der Waals surface area contributed by atoms with Crippen molar-refractivity contribution in [2.24, 2.45) is 5.92 Å². The van der Waals surface area contributed by atoms with Crippen LogP contribution in [0.25, 0.3) is 0 Å². The second kappa shape index (κ2) is 4.82. The Hall–Kier alpha value is -0.0900. The number of hydrogen-bond donors (Lipinski definition) is 1. The molecule has 0 bridgehead atoms. The van der Waals surface area contributed by atoms with Crippen molar-refractivity contribution in [3.63, 3.8) is 0 Å². The molecular formula is C8H13BrN2S. The van der Waals surface area contributed by atoms with E-state index in [0.717, 1.165) is 10.5 Å². The second-order valence-electron chi connectivity index (χ2n) is 2.90. The van der Waals surface area contributed by atoms with Crippen molar-refractivity contribution in [2.75, 3.05) is 10.6 Å². The molecule has 0 aromatic carbocycles. The summed E-state index contributed by atoms with van der Waals surface area (Å²) in [5, 5.41) is 7.36. The Morgan fingerprint density at radius 2 is 2.42 bits per heavy atom. The van der Waals surface area contributed by atoms with Crippen molar-refractivity contribution < 1.29 is 0 Å². The van der Waals surface area contributed by atoms with E-state index >= 15 is 0 Å². The van der Waals surface area contributed by atoms with Crippen molar-refractivity contribution in [1.29, 1.82) is 0 Å². The molecule has 12 heavy (non-hydrogen) atoms. The molecule has 0 fully saturated rings. The molecule has 1 aromatic heterocycles. The highest BCUT2D eigenvalue weighted by Crippen LogP contribution is 2.15. The Balaban J connectivity index is 2.41. The lowest BCUT2D eigenvalue weighted by atomic mass is 10.1. The Morgan fingerprint density at radius 1 is 1.67 bits per heavy atom. The summed E-state index contributed by atoms with van der Waals surface area (Å²) in [5.41, 5.74) is 0. The minimum atomic E-state index is 0.468. The van der Waals surface area contributed by atoms with Gasteiger partial charge in [-0.15, -0.1) is 11.3 Å². The summed E-state index contributed by atoms with van der Waals surface area (Å²) >= 11 is 5.10. The van der Waals surface area contributed by atoms with Gasteiger partial charge >= 0.3 is 0 Å². The van der Waals surface area contributed by atoms with Crippen LogP contribution in [0.15, 0.2) is 11.6 Å². The molecule has 2 atom stereocenters. The van der Waals surface area contributed by atoms with Crippen molar-refractivity contribution in [2.45, 2.75) is 19.9 Å². The number of alkyl halides is 1. The first-order chi connectivity index (χ1) is 5.74. The molecule has 2 nitrogen and oxygen atoms in total. The minimum absolute atomic E-state index is 0.468. The number of hydrogen-bond acceptors (Lipinski definition) is 3. The number of nitrogens with zero attached hydrogens (tertiary/aromatic N) is 1. The number of thiazole rings is 1. The summed E-state index contributed by atoms with van der Waals surface area (Å²) in [5.74, 6) is 0.619. The zero-order chi connectivity index (χ0) is 8.97. The highest BCUT2D eigenvalue weighted by Gasteiger charge is 2.10. The SMILES string of the molecule is CC(CBr)C(C)Nc1nccs1. The molecule has 68 valence electrons. The molecule has 1 heterocycles. The van der Waals surface area contributed by atoms with Gasteiger partial charge in [-0.2, -0.15) is 0 Å². The van der Waals surface area contributed by atoms with E-state index in [9.17, 15) is 0 Å². The number of rotatable bonds is 4. The average Bonchev–Trinajstić information content (AvgIpc) is 2.55. The van der Waals surface area contributed by atoms with Gasteiger partial charge in [0.15, 0.2) is 5.13 Å². The third-order valence-electron chi connectivity index (χ3n) is 1.88. The highest BCUT2D eigenvalue weighted by molar-refractivity contribution is 9.09. The van der Waals surface area contributed by atoms with E-state index in [2.05, 4.69) is 40.1 Å². The van der Waals surface area contributed by atoms with Crippen molar-refractivity contribution in [3.8, 4) is 0 Å². The van der Waals surface area contributed by atoms with Gasteiger partial charge in [-0.3, -0.25) is 0 Å². The fourth-order valence-electron chi connectivity index (χ4n) is 0.765. The van der Waals surface area contributed by atoms with E-state index < -0.39 is 0 Å². The van der Waals surface area contributed by atoms with Gasteiger partial charge in [0.05, 0.1) is 0 Å². The van der Waals surface area contributed by atoms with Crippen LogP contribution < -0.4 is 5.32 Å². The van der Waals surface area contributed by atoms with E-state index in [1.165, 1.54) is 0 Å². The summed E-state index contributed by atoms with van der Waals surface area (Å²) in [7, 11) is 0. The molecule has 1 rings (SSSR count). The molecule has 1 N–H and O–H groups in total. The molecule has 0 saturated heterocycles. The summed E-state index contributed by atoms with van der Waals surface area (Å²) in [4.78, 5) is 4.17. The lowest BCUT2D eigenvalue weighted by molar-refractivity contribution is 0.572. The van der Waals surface area contributed by atoms with Crippen LogP contribution in [0.4, 0.5) is 5.13 Å². The van der Waals surface area contributed by atoms with Gasteiger partial charge in [0.25, 0.3) is 0 Å². The van der Waals surface area contributed by atoms with Crippen LogP contribution in [-0.4, -0.2) is 16.4 Å². The maximum atomic E-state index is 4.17. The van der Waals surface area contributed by atoms with Gasteiger partial charge in [0.1, 0.15) is 0 Å². The summed E-state index contributed by atoms with van der Waals surface area (Å²) in [6.45, 7) is 4.38. The van der Waals surface area contributed by atoms with Crippen molar-refractivity contribution >= 4 is 32.4 Å².